The fraction of sp³-hybridized carbons (Fsp3) is 1.00. The molecule has 0 aromatic heterocycles. The van der Waals surface area contributed by atoms with E-state index in [-0.39, 0.29) is 0 Å². The zero-order chi connectivity index (χ0) is 6.27. The molecule has 3 saturated heterocycles. The molecule has 3 nitrogen and oxygen atoms in total. The number of nitrogens with zero attached hydrogens (tertiary/aromatic N) is 2. The zero-order valence-corrected chi connectivity index (χ0v) is 5.45. The zero-order valence-electron chi connectivity index (χ0n) is 5.45. The Hall–Kier alpha value is -0.120. The van der Waals surface area contributed by atoms with Crippen LogP contribution in [0, 0.1) is 5.92 Å². The lowest BCUT2D eigenvalue weighted by atomic mass is 9.95. The Bertz CT molecular complexity index is 110. The van der Waals surface area contributed by atoms with Crippen molar-refractivity contribution in [3.05, 3.63) is 0 Å². The van der Waals surface area contributed by atoms with E-state index in [1.165, 1.54) is 18.0 Å². The molecule has 3 heteroatoms. The van der Waals surface area contributed by atoms with Gasteiger partial charge in [-0.25, -0.2) is 5.01 Å². The number of hydrogen-bond acceptors (Lipinski definition) is 3. The monoisotopic (exact) mass is 128 g/mol. The van der Waals surface area contributed by atoms with E-state index in [4.69, 9.17) is 5.21 Å². The molecule has 3 aliphatic heterocycles. The molecule has 2 bridgehead atoms. The molecule has 0 spiro atoms. The highest BCUT2D eigenvalue weighted by molar-refractivity contribution is 4.76. The first-order chi connectivity index (χ1) is 4.36. The summed E-state index contributed by atoms with van der Waals surface area (Å²) in [6.45, 7) is 2.97. The van der Waals surface area contributed by atoms with Crippen LogP contribution in [0.4, 0.5) is 0 Å². The van der Waals surface area contributed by atoms with Crippen molar-refractivity contribution in [1.82, 2.24) is 10.2 Å². The molecule has 3 heterocycles. The number of hydrogen-bond donors (Lipinski definition) is 1. The van der Waals surface area contributed by atoms with Crippen molar-refractivity contribution in [3.63, 3.8) is 0 Å². The van der Waals surface area contributed by atoms with Gasteiger partial charge in [0, 0.05) is 19.6 Å². The number of fused-ring (bicyclic) bond motifs is 3. The van der Waals surface area contributed by atoms with Gasteiger partial charge >= 0.3 is 0 Å². The van der Waals surface area contributed by atoms with Gasteiger partial charge in [-0.2, -0.15) is 0 Å². The van der Waals surface area contributed by atoms with E-state index in [9.17, 15) is 0 Å². The summed E-state index contributed by atoms with van der Waals surface area (Å²) >= 11 is 0. The number of hydrazine groups is 1. The molecule has 3 fully saturated rings. The van der Waals surface area contributed by atoms with Gasteiger partial charge in [0.15, 0.2) is 0 Å². The maximum absolute atomic E-state index is 9.16. The molecule has 52 valence electrons. The van der Waals surface area contributed by atoms with E-state index < -0.39 is 0 Å². The lowest BCUT2D eigenvalue weighted by Crippen LogP contribution is -2.53. The third-order valence-electron chi connectivity index (χ3n) is 2.34. The maximum Gasteiger partial charge on any atom is 0.0430 e. The van der Waals surface area contributed by atoms with Gasteiger partial charge in [0.2, 0.25) is 0 Å². The molecule has 0 unspecified atom stereocenters. The summed E-state index contributed by atoms with van der Waals surface area (Å²) in [5.74, 6) is 0.764. The average molecular weight is 128 g/mol. The second-order valence-electron chi connectivity index (χ2n) is 2.95. The Morgan fingerprint density at radius 1 is 1.22 bits per heavy atom. The van der Waals surface area contributed by atoms with Crippen molar-refractivity contribution < 1.29 is 5.21 Å². The largest absolute Gasteiger partial charge is 0.299 e. The smallest absolute Gasteiger partial charge is 0.0430 e. The molecular weight excluding hydrogens is 116 g/mol. The summed E-state index contributed by atoms with van der Waals surface area (Å²) in [7, 11) is 0. The topological polar surface area (TPSA) is 26.7 Å². The van der Waals surface area contributed by atoms with Crippen LogP contribution in [-0.4, -0.2) is 35.0 Å². The van der Waals surface area contributed by atoms with Crippen molar-refractivity contribution in [2.24, 2.45) is 5.92 Å². The first-order valence-electron chi connectivity index (χ1n) is 3.57. The van der Waals surface area contributed by atoms with Gasteiger partial charge < -0.3 is 0 Å². The van der Waals surface area contributed by atoms with Gasteiger partial charge in [0.25, 0.3) is 0 Å². The highest BCUT2D eigenvalue weighted by atomic mass is 16.5. The van der Waals surface area contributed by atoms with Crippen molar-refractivity contribution in [1.29, 1.82) is 0 Å². The minimum Gasteiger partial charge on any atom is -0.299 e. The number of piperidine rings is 1. The lowest BCUT2D eigenvalue weighted by molar-refractivity contribution is -0.288. The van der Waals surface area contributed by atoms with Crippen LogP contribution in [0.2, 0.25) is 0 Å². The van der Waals surface area contributed by atoms with E-state index in [0.29, 0.717) is 0 Å². The van der Waals surface area contributed by atoms with Crippen LogP contribution >= 0.6 is 0 Å². The Morgan fingerprint density at radius 3 is 2.11 bits per heavy atom. The summed E-state index contributed by atoms with van der Waals surface area (Å²) in [5, 5.41) is 12.5. The van der Waals surface area contributed by atoms with Crippen LogP contribution in [0.5, 0.6) is 0 Å². The normalized spacial score (nSPS) is 43.7. The summed E-state index contributed by atoms with van der Waals surface area (Å²) in [6.07, 6.45) is 2.55. The van der Waals surface area contributed by atoms with Crippen LogP contribution in [0.15, 0.2) is 0 Å². The molecule has 0 saturated carbocycles. The highest BCUT2D eigenvalue weighted by Gasteiger charge is 2.30. The first-order valence-corrected chi connectivity index (χ1v) is 3.57. The predicted octanol–water partition coefficient (Wildman–Crippen LogP) is 0.318. The maximum atomic E-state index is 9.16. The Kier molecular flexibility index (Phi) is 1.22. The summed E-state index contributed by atoms with van der Waals surface area (Å²) < 4.78 is 0. The molecule has 0 aromatic rings. The Morgan fingerprint density at radius 2 is 1.89 bits per heavy atom. The molecule has 0 atom stereocenters. The Labute approximate surface area is 54.8 Å². The van der Waals surface area contributed by atoms with Gasteiger partial charge in [0.1, 0.15) is 0 Å². The van der Waals surface area contributed by atoms with Gasteiger partial charge in [-0.3, -0.25) is 5.21 Å². The van der Waals surface area contributed by atoms with Crippen LogP contribution in [0.1, 0.15) is 12.8 Å². The molecule has 0 radical (unpaired) electrons. The quantitative estimate of drug-likeness (QED) is 0.509. The number of rotatable bonds is 0. The van der Waals surface area contributed by atoms with Crippen LogP contribution in [0.25, 0.3) is 0 Å². The second-order valence-corrected chi connectivity index (χ2v) is 2.95. The second kappa shape index (κ2) is 1.94. The van der Waals surface area contributed by atoms with Crippen LogP contribution < -0.4 is 0 Å². The molecule has 0 aliphatic carbocycles. The number of hydroxylamine groups is 1. The van der Waals surface area contributed by atoms with E-state index in [2.05, 4.69) is 0 Å². The summed E-state index contributed by atoms with van der Waals surface area (Å²) in [5.41, 5.74) is 0. The SMILES string of the molecule is ON1CC2CCN1CC2. The Balaban J connectivity index is 2.06. The predicted molar refractivity (Wildman–Crippen MR) is 32.8 cm³/mol. The minimum absolute atomic E-state index is 0.764. The molecule has 0 aromatic carbocycles. The van der Waals surface area contributed by atoms with E-state index in [0.717, 1.165) is 25.6 Å². The standard InChI is InChI=1S/C6H12N2O/c9-8-5-6-1-3-7(8)4-2-6/h6,9H,1-5H2. The third-order valence-corrected chi connectivity index (χ3v) is 2.34. The summed E-state index contributed by atoms with van der Waals surface area (Å²) in [6, 6.07) is 0. The van der Waals surface area contributed by atoms with Crippen LogP contribution in [0.3, 0.4) is 0 Å². The molecule has 1 N–H and O–H groups in total. The van der Waals surface area contributed by atoms with Gasteiger partial charge in [0.05, 0.1) is 0 Å². The van der Waals surface area contributed by atoms with Gasteiger partial charge in [-0.05, 0) is 18.8 Å². The summed E-state index contributed by atoms with van der Waals surface area (Å²) in [4.78, 5) is 0. The van der Waals surface area contributed by atoms with Crippen molar-refractivity contribution >= 4 is 0 Å². The van der Waals surface area contributed by atoms with E-state index in [1.807, 2.05) is 5.01 Å². The average Bonchev–Trinajstić information content (AvgIpc) is 1.90. The van der Waals surface area contributed by atoms with Crippen molar-refractivity contribution in [3.8, 4) is 0 Å². The fourth-order valence-electron chi connectivity index (χ4n) is 1.68. The molecule has 0 amide bonds. The fourth-order valence-corrected chi connectivity index (χ4v) is 1.68. The van der Waals surface area contributed by atoms with Crippen molar-refractivity contribution in [2.75, 3.05) is 19.6 Å². The third kappa shape index (κ3) is 0.852. The van der Waals surface area contributed by atoms with E-state index in [1.54, 1.807) is 0 Å². The van der Waals surface area contributed by atoms with Gasteiger partial charge in [-0.1, -0.05) is 0 Å². The van der Waals surface area contributed by atoms with Crippen molar-refractivity contribution in [2.45, 2.75) is 12.8 Å². The lowest BCUT2D eigenvalue weighted by Gasteiger charge is -2.43. The van der Waals surface area contributed by atoms with Gasteiger partial charge in [-0.15, -0.1) is 5.17 Å². The molecule has 9 heavy (non-hydrogen) atoms. The van der Waals surface area contributed by atoms with E-state index >= 15 is 0 Å². The molecule has 3 aliphatic rings. The molecule has 3 rings (SSSR count). The highest BCUT2D eigenvalue weighted by Crippen LogP contribution is 2.24. The first kappa shape index (κ1) is 5.65. The van der Waals surface area contributed by atoms with Crippen LogP contribution in [-0.2, 0) is 0 Å². The minimum atomic E-state index is 0.764. The molecular formula is C6H12N2O.